The molecule has 168 valence electrons. The standard InChI is InChI=1S/C25H31N5O2/c1-6-30-19(4)23(18(3)29-30)15-16-26-25(27-20-11-13-21(32-5)14-12-20)28-24(31)22-10-8-7-9-17(22)2/h7-14H,6,15-16H2,1-5H3,(H2,26,27,28,31). The first kappa shape index (κ1) is 23.1. The van der Waals surface area contributed by atoms with Gasteiger partial charge in [0.2, 0.25) is 5.96 Å². The summed E-state index contributed by atoms with van der Waals surface area (Å²) in [4.78, 5) is 17.6. The summed E-state index contributed by atoms with van der Waals surface area (Å²) < 4.78 is 7.23. The van der Waals surface area contributed by atoms with Gasteiger partial charge in [0.05, 0.1) is 12.8 Å². The van der Waals surface area contributed by atoms with Crippen molar-refractivity contribution in [1.82, 2.24) is 15.1 Å². The number of benzene rings is 2. The maximum absolute atomic E-state index is 12.9. The summed E-state index contributed by atoms with van der Waals surface area (Å²) in [5, 5.41) is 10.7. The average Bonchev–Trinajstić information content (AvgIpc) is 3.07. The van der Waals surface area contributed by atoms with Crippen molar-refractivity contribution in [1.29, 1.82) is 0 Å². The molecule has 0 saturated carbocycles. The maximum atomic E-state index is 12.9. The van der Waals surface area contributed by atoms with Crippen LogP contribution in [-0.2, 0) is 13.0 Å². The van der Waals surface area contributed by atoms with Crippen LogP contribution in [0.3, 0.4) is 0 Å². The molecule has 0 saturated heterocycles. The Labute approximate surface area is 189 Å². The highest BCUT2D eigenvalue weighted by atomic mass is 16.5. The van der Waals surface area contributed by atoms with Crippen LogP contribution < -0.4 is 15.4 Å². The zero-order valence-electron chi connectivity index (χ0n) is 19.4. The van der Waals surface area contributed by atoms with Crippen molar-refractivity contribution in [3.63, 3.8) is 0 Å². The molecule has 3 aromatic rings. The van der Waals surface area contributed by atoms with Crippen LogP contribution in [0.1, 0.15) is 39.8 Å². The average molecular weight is 434 g/mol. The molecule has 7 nitrogen and oxygen atoms in total. The Bertz CT molecular complexity index is 1100. The fourth-order valence-electron chi connectivity index (χ4n) is 3.61. The van der Waals surface area contributed by atoms with Crippen molar-refractivity contribution in [3.8, 4) is 5.75 Å². The first-order valence-electron chi connectivity index (χ1n) is 10.8. The summed E-state index contributed by atoms with van der Waals surface area (Å²) in [6.07, 6.45) is 0.742. The van der Waals surface area contributed by atoms with E-state index in [0.29, 0.717) is 18.1 Å². The Morgan fingerprint density at radius 1 is 1.09 bits per heavy atom. The lowest BCUT2D eigenvalue weighted by Gasteiger charge is -2.13. The molecule has 2 N–H and O–H groups in total. The summed E-state index contributed by atoms with van der Waals surface area (Å²) in [5.41, 5.74) is 5.71. The molecule has 7 heteroatoms. The molecule has 3 rings (SSSR count). The van der Waals surface area contributed by atoms with Crippen molar-refractivity contribution in [2.75, 3.05) is 19.0 Å². The summed E-state index contributed by atoms with van der Waals surface area (Å²) in [6, 6.07) is 15.0. The van der Waals surface area contributed by atoms with Gasteiger partial charge in [0.1, 0.15) is 5.75 Å². The number of nitrogens with zero attached hydrogens (tertiary/aromatic N) is 3. The third kappa shape index (κ3) is 5.55. The third-order valence-electron chi connectivity index (χ3n) is 5.44. The lowest BCUT2D eigenvalue weighted by Crippen LogP contribution is -2.36. The zero-order valence-corrected chi connectivity index (χ0v) is 19.4. The van der Waals surface area contributed by atoms with Gasteiger partial charge in [0.15, 0.2) is 0 Å². The Hall–Kier alpha value is -3.61. The summed E-state index contributed by atoms with van der Waals surface area (Å²) in [5.74, 6) is 0.965. The van der Waals surface area contributed by atoms with E-state index in [1.54, 1.807) is 7.11 Å². The van der Waals surface area contributed by atoms with Crippen LogP contribution >= 0.6 is 0 Å². The van der Waals surface area contributed by atoms with Gasteiger partial charge in [0.25, 0.3) is 5.91 Å². The molecule has 0 atom stereocenters. The molecular formula is C25H31N5O2. The quantitative estimate of drug-likeness (QED) is 0.431. The van der Waals surface area contributed by atoms with E-state index in [9.17, 15) is 4.79 Å². The molecule has 0 bridgehead atoms. The van der Waals surface area contributed by atoms with Gasteiger partial charge in [-0.25, -0.2) is 0 Å². The number of hydrogen-bond donors (Lipinski definition) is 2. The molecule has 0 unspecified atom stereocenters. The first-order chi connectivity index (χ1) is 15.4. The summed E-state index contributed by atoms with van der Waals surface area (Å²) in [6.45, 7) is 9.46. The van der Waals surface area contributed by atoms with Gasteiger partial charge in [0, 0.05) is 30.0 Å². The number of carbonyl (C=O) groups is 1. The van der Waals surface area contributed by atoms with Crippen LogP contribution in [0.5, 0.6) is 5.75 Å². The van der Waals surface area contributed by atoms with Crippen LogP contribution in [0, 0.1) is 20.8 Å². The van der Waals surface area contributed by atoms with E-state index in [2.05, 4.69) is 34.6 Å². The van der Waals surface area contributed by atoms with Crippen molar-refractivity contribution in [2.45, 2.75) is 40.7 Å². The van der Waals surface area contributed by atoms with Gasteiger partial charge in [-0.3, -0.25) is 19.8 Å². The first-order valence-corrected chi connectivity index (χ1v) is 10.8. The Morgan fingerprint density at radius 3 is 2.44 bits per heavy atom. The van der Waals surface area contributed by atoms with E-state index >= 15 is 0 Å². The molecule has 0 aliphatic carbocycles. The van der Waals surface area contributed by atoms with E-state index in [0.717, 1.165) is 41.4 Å². The molecular weight excluding hydrogens is 402 g/mol. The fourth-order valence-corrected chi connectivity index (χ4v) is 3.61. The number of guanidine groups is 1. The molecule has 2 aromatic carbocycles. The third-order valence-corrected chi connectivity index (χ3v) is 5.44. The van der Waals surface area contributed by atoms with Crippen LogP contribution in [0.4, 0.5) is 5.69 Å². The van der Waals surface area contributed by atoms with E-state index in [1.165, 1.54) is 5.56 Å². The number of hydrogen-bond acceptors (Lipinski definition) is 4. The molecule has 32 heavy (non-hydrogen) atoms. The van der Waals surface area contributed by atoms with Gasteiger partial charge in [-0.1, -0.05) is 18.2 Å². The van der Waals surface area contributed by atoms with Gasteiger partial charge in [-0.2, -0.15) is 5.10 Å². The zero-order chi connectivity index (χ0) is 23.1. The number of aliphatic imine (C=N–C) groups is 1. The number of nitrogens with one attached hydrogen (secondary N) is 2. The second kappa shape index (κ2) is 10.6. The Morgan fingerprint density at radius 2 is 1.81 bits per heavy atom. The smallest absolute Gasteiger partial charge is 0.258 e. The monoisotopic (exact) mass is 433 g/mol. The number of rotatable bonds is 7. The van der Waals surface area contributed by atoms with Gasteiger partial charge in [-0.15, -0.1) is 0 Å². The minimum absolute atomic E-state index is 0.200. The Balaban J connectivity index is 1.79. The molecule has 0 radical (unpaired) electrons. The number of aryl methyl sites for hydroxylation is 3. The maximum Gasteiger partial charge on any atom is 0.258 e. The van der Waals surface area contributed by atoms with E-state index < -0.39 is 0 Å². The minimum Gasteiger partial charge on any atom is -0.497 e. The number of ether oxygens (including phenoxy) is 1. The lowest BCUT2D eigenvalue weighted by atomic mass is 10.1. The topological polar surface area (TPSA) is 80.5 Å². The normalized spacial score (nSPS) is 11.3. The van der Waals surface area contributed by atoms with Gasteiger partial charge >= 0.3 is 0 Å². The van der Waals surface area contributed by atoms with E-state index in [1.807, 2.05) is 67.1 Å². The Kier molecular flexibility index (Phi) is 7.65. The van der Waals surface area contributed by atoms with Crippen LogP contribution in [0.25, 0.3) is 0 Å². The summed E-state index contributed by atoms with van der Waals surface area (Å²) in [7, 11) is 1.63. The van der Waals surface area contributed by atoms with Crippen LogP contribution in [-0.4, -0.2) is 35.3 Å². The van der Waals surface area contributed by atoms with Crippen molar-refractivity contribution in [3.05, 3.63) is 76.6 Å². The van der Waals surface area contributed by atoms with Crippen molar-refractivity contribution in [2.24, 2.45) is 4.99 Å². The molecule has 0 fully saturated rings. The van der Waals surface area contributed by atoms with E-state index in [-0.39, 0.29) is 5.91 Å². The highest BCUT2D eigenvalue weighted by molar-refractivity contribution is 6.10. The SMILES string of the molecule is CCn1nc(C)c(CCN=C(NC(=O)c2ccccc2C)Nc2ccc(OC)cc2)c1C. The van der Waals surface area contributed by atoms with Gasteiger partial charge in [-0.05, 0) is 75.6 Å². The van der Waals surface area contributed by atoms with Crippen LogP contribution in [0.15, 0.2) is 53.5 Å². The lowest BCUT2D eigenvalue weighted by molar-refractivity contribution is 0.0976. The second-order valence-corrected chi connectivity index (χ2v) is 7.57. The fraction of sp³-hybridized carbons (Fsp3) is 0.320. The van der Waals surface area contributed by atoms with Crippen molar-refractivity contribution >= 4 is 17.6 Å². The second-order valence-electron chi connectivity index (χ2n) is 7.57. The van der Waals surface area contributed by atoms with Crippen molar-refractivity contribution < 1.29 is 9.53 Å². The summed E-state index contributed by atoms with van der Waals surface area (Å²) >= 11 is 0. The molecule has 0 spiro atoms. The number of carbonyl (C=O) groups excluding carboxylic acids is 1. The number of aromatic nitrogens is 2. The van der Waals surface area contributed by atoms with E-state index in [4.69, 9.17) is 4.74 Å². The predicted molar refractivity (Wildman–Crippen MR) is 129 cm³/mol. The number of anilines is 1. The molecule has 1 heterocycles. The number of methoxy groups -OCH3 is 1. The van der Waals surface area contributed by atoms with Crippen LogP contribution in [0.2, 0.25) is 0 Å². The highest BCUT2D eigenvalue weighted by Crippen LogP contribution is 2.16. The largest absolute Gasteiger partial charge is 0.497 e. The minimum atomic E-state index is -0.200. The molecule has 1 aromatic heterocycles. The molecule has 0 aliphatic heterocycles. The number of amides is 1. The highest BCUT2D eigenvalue weighted by Gasteiger charge is 2.13. The van der Waals surface area contributed by atoms with Gasteiger partial charge < -0.3 is 10.1 Å². The predicted octanol–water partition coefficient (Wildman–Crippen LogP) is 4.28. The molecule has 0 aliphatic rings. The molecule has 1 amide bonds.